The largest absolute Gasteiger partial charge is 0.351 e. The number of amides is 2. The fraction of sp³-hybridized carbons (Fsp3) is 0.600. The van der Waals surface area contributed by atoms with Gasteiger partial charge in [0, 0.05) is 6.54 Å². The maximum absolute atomic E-state index is 12.2. The fourth-order valence-corrected chi connectivity index (χ4v) is 3.55. The third kappa shape index (κ3) is 8.28. The molecule has 0 atom stereocenters. The van der Waals surface area contributed by atoms with Crippen LogP contribution in [0.25, 0.3) is 0 Å². The zero-order valence-electron chi connectivity index (χ0n) is 16.3. The van der Waals surface area contributed by atoms with E-state index in [-0.39, 0.29) is 11.8 Å². The first kappa shape index (κ1) is 21.7. The summed E-state index contributed by atoms with van der Waals surface area (Å²) in [6.07, 6.45) is 4.69. The predicted molar refractivity (Wildman–Crippen MR) is 108 cm³/mol. The van der Waals surface area contributed by atoms with Crippen molar-refractivity contribution >= 4 is 29.1 Å². The molecule has 7 heteroatoms. The van der Waals surface area contributed by atoms with Crippen LogP contribution in [0.1, 0.15) is 32.6 Å². The summed E-state index contributed by atoms with van der Waals surface area (Å²) in [7, 11) is 0. The third-order valence-electron chi connectivity index (χ3n) is 4.99. The van der Waals surface area contributed by atoms with Crippen molar-refractivity contribution in [2.75, 3.05) is 51.1 Å². The van der Waals surface area contributed by atoms with Crippen molar-refractivity contribution in [3.05, 3.63) is 29.3 Å². The Bertz CT molecular complexity index is 603. The Morgan fingerprint density at radius 2 is 1.59 bits per heavy atom. The second-order valence-corrected chi connectivity index (χ2v) is 7.70. The van der Waals surface area contributed by atoms with E-state index in [1.807, 2.05) is 12.1 Å². The molecular weight excluding hydrogens is 364 g/mol. The molecule has 4 N–H and O–H groups in total. The molecule has 1 aliphatic rings. The first-order valence-electron chi connectivity index (χ1n) is 10.1. The van der Waals surface area contributed by atoms with Gasteiger partial charge in [-0.05, 0) is 18.6 Å². The second kappa shape index (κ2) is 12.0. The number of hydrogen-bond acceptors (Lipinski definition) is 2. The number of carbonyl (C=O) groups excluding carboxylic acids is 2. The summed E-state index contributed by atoms with van der Waals surface area (Å²) in [5.74, 6) is 0.118. The lowest BCUT2D eigenvalue weighted by atomic mass is 10.2. The van der Waals surface area contributed by atoms with Gasteiger partial charge in [-0.1, -0.05) is 49.9 Å². The normalized spacial score (nSPS) is 19.5. The molecule has 1 aromatic rings. The van der Waals surface area contributed by atoms with Gasteiger partial charge in [0.25, 0.3) is 11.8 Å². The Morgan fingerprint density at radius 3 is 2.22 bits per heavy atom. The van der Waals surface area contributed by atoms with Crippen LogP contribution in [0.5, 0.6) is 0 Å². The minimum atomic E-state index is -0.0219. The van der Waals surface area contributed by atoms with E-state index in [1.165, 1.54) is 29.1 Å². The van der Waals surface area contributed by atoms with Gasteiger partial charge in [-0.2, -0.15) is 0 Å². The highest BCUT2D eigenvalue weighted by atomic mass is 35.5. The smallest absolute Gasteiger partial charge is 0.279 e. The molecule has 1 aromatic carbocycles. The van der Waals surface area contributed by atoms with Gasteiger partial charge in [-0.15, -0.1) is 0 Å². The topological polar surface area (TPSA) is 67.1 Å². The van der Waals surface area contributed by atoms with E-state index < -0.39 is 0 Å². The molecule has 1 fully saturated rings. The lowest BCUT2D eigenvalue weighted by Crippen LogP contribution is -3.28. The van der Waals surface area contributed by atoms with Crippen LogP contribution < -0.4 is 20.4 Å². The van der Waals surface area contributed by atoms with Gasteiger partial charge in [0.05, 0.1) is 10.7 Å². The molecule has 0 unspecified atom stereocenters. The van der Waals surface area contributed by atoms with Gasteiger partial charge >= 0.3 is 0 Å². The Morgan fingerprint density at radius 1 is 0.963 bits per heavy atom. The number of nitrogens with one attached hydrogen (secondary N) is 4. The number of quaternary nitrogens is 2. The first-order valence-corrected chi connectivity index (χ1v) is 10.4. The second-order valence-electron chi connectivity index (χ2n) is 7.29. The zero-order chi connectivity index (χ0) is 19.5. The molecule has 1 heterocycles. The molecule has 0 bridgehead atoms. The van der Waals surface area contributed by atoms with Gasteiger partial charge in [0.2, 0.25) is 0 Å². The summed E-state index contributed by atoms with van der Waals surface area (Å²) in [6, 6.07) is 7.26. The van der Waals surface area contributed by atoms with Gasteiger partial charge < -0.3 is 20.4 Å². The van der Waals surface area contributed by atoms with E-state index >= 15 is 0 Å². The molecule has 1 saturated heterocycles. The lowest BCUT2D eigenvalue weighted by molar-refractivity contribution is -1.00. The number of para-hydroxylation sites is 1. The lowest BCUT2D eigenvalue weighted by Gasteiger charge is -2.29. The average Bonchev–Trinajstić information content (AvgIpc) is 2.65. The summed E-state index contributed by atoms with van der Waals surface area (Å²) in [5, 5.41) is 6.45. The Hall–Kier alpha value is -1.63. The quantitative estimate of drug-likeness (QED) is 0.412. The summed E-state index contributed by atoms with van der Waals surface area (Å²) in [6.45, 7) is 7.56. The van der Waals surface area contributed by atoms with Gasteiger partial charge in [-0.25, -0.2) is 0 Å². The molecule has 1 aliphatic heterocycles. The average molecular weight is 397 g/mol. The van der Waals surface area contributed by atoms with Gasteiger partial charge in [0.1, 0.15) is 26.2 Å². The summed E-state index contributed by atoms with van der Waals surface area (Å²) in [5.41, 5.74) is 0.656. The maximum atomic E-state index is 12.2. The zero-order valence-corrected chi connectivity index (χ0v) is 17.0. The third-order valence-corrected chi connectivity index (χ3v) is 5.32. The van der Waals surface area contributed by atoms with Crippen molar-refractivity contribution in [3.63, 3.8) is 0 Å². The van der Waals surface area contributed by atoms with Crippen LogP contribution in [0.3, 0.4) is 0 Å². The van der Waals surface area contributed by atoms with Gasteiger partial charge in [-0.3, -0.25) is 9.59 Å². The van der Waals surface area contributed by atoms with E-state index in [4.69, 9.17) is 11.6 Å². The molecular formula is C20H33ClN4O2+2. The molecule has 0 spiro atoms. The maximum Gasteiger partial charge on any atom is 0.279 e. The Kier molecular flexibility index (Phi) is 9.59. The molecule has 27 heavy (non-hydrogen) atoms. The van der Waals surface area contributed by atoms with Gasteiger partial charge in [0.15, 0.2) is 13.1 Å². The van der Waals surface area contributed by atoms with Crippen LogP contribution >= 0.6 is 11.6 Å². The minimum absolute atomic E-state index is 0.0219. The summed E-state index contributed by atoms with van der Waals surface area (Å²) >= 11 is 6.08. The van der Waals surface area contributed by atoms with E-state index in [0.717, 1.165) is 39.1 Å². The molecule has 150 valence electrons. The number of anilines is 1. The first-order chi connectivity index (χ1) is 13.1. The summed E-state index contributed by atoms with van der Waals surface area (Å²) < 4.78 is 0. The molecule has 0 aliphatic carbocycles. The minimum Gasteiger partial charge on any atom is -0.351 e. The highest BCUT2D eigenvalue weighted by Crippen LogP contribution is 2.19. The number of rotatable bonds is 10. The standard InChI is InChI=1S/C20H31ClN4O2/c1-2-3-4-7-10-22-19(26)15-24-11-13-25(14-12-24)16-20(27)23-18-9-6-5-8-17(18)21/h5-6,8-9H,2-4,7,10-16H2,1H3,(H,22,26)(H,23,27)/p+2. The number of benzene rings is 1. The molecule has 0 saturated carbocycles. The highest BCUT2D eigenvalue weighted by Gasteiger charge is 2.26. The van der Waals surface area contributed by atoms with Crippen molar-refractivity contribution in [2.24, 2.45) is 0 Å². The molecule has 2 rings (SSSR count). The fourth-order valence-electron chi connectivity index (χ4n) is 3.36. The number of carbonyl (C=O) groups is 2. The van der Waals surface area contributed by atoms with Crippen molar-refractivity contribution in [1.29, 1.82) is 0 Å². The monoisotopic (exact) mass is 396 g/mol. The van der Waals surface area contributed by atoms with Crippen LogP contribution in [-0.2, 0) is 9.59 Å². The van der Waals surface area contributed by atoms with E-state index in [9.17, 15) is 9.59 Å². The number of halogens is 1. The van der Waals surface area contributed by atoms with Crippen molar-refractivity contribution in [2.45, 2.75) is 32.6 Å². The number of hydrogen-bond donors (Lipinski definition) is 4. The van der Waals surface area contributed by atoms with Crippen molar-refractivity contribution in [1.82, 2.24) is 5.32 Å². The number of piperazine rings is 1. The van der Waals surface area contributed by atoms with Crippen LogP contribution in [0.15, 0.2) is 24.3 Å². The van der Waals surface area contributed by atoms with Crippen molar-refractivity contribution < 1.29 is 19.4 Å². The Balaban J connectivity index is 1.61. The van der Waals surface area contributed by atoms with Crippen LogP contribution in [0.2, 0.25) is 5.02 Å². The predicted octanol–water partition coefficient (Wildman–Crippen LogP) is -0.242. The molecule has 0 radical (unpaired) electrons. The SMILES string of the molecule is CCCCCCNC(=O)C[NH+]1CC[NH+](CC(=O)Nc2ccccc2Cl)CC1. The Labute approximate surface area is 167 Å². The molecule has 0 aromatic heterocycles. The van der Waals surface area contributed by atoms with Crippen LogP contribution in [0, 0.1) is 0 Å². The van der Waals surface area contributed by atoms with Crippen LogP contribution in [0.4, 0.5) is 5.69 Å². The van der Waals surface area contributed by atoms with Crippen LogP contribution in [-0.4, -0.2) is 57.6 Å². The number of unbranched alkanes of at least 4 members (excludes halogenated alkanes) is 3. The molecule has 2 amide bonds. The van der Waals surface area contributed by atoms with E-state index in [2.05, 4.69) is 17.6 Å². The van der Waals surface area contributed by atoms with Crippen molar-refractivity contribution in [3.8, 4) is 0 Å². The van der Waals surface area contributed by atoms with E-state index in [1.54, 1.807) is 12.1 Å². The highest BCUT2D eigenvalue weighted by molar-refractivity contribution is 6.33. The molecule has 6 nitrogen and oxygen atoms in total. The summed E-state index contributed by atoms with van der Waals surface area (Å²) in [4.78, 5) is 26.8. The van der Waals surface area contributed by atoms with E-state index in [0.29, 0.717) is 23.8 Å².